The lowest BCUT2D eigenvalue weighted by Crippen LogP contribution is -2.05. The van der Waals surface area contributed by atoms with Crippen LogP contribution in [0.15, 0.2) is 22.7 Å². The van der Waals surface area contributed by atoms with Crippen LogP contribution in [0.25, 0.3) is 0 Å². The average Bonchev–Trinajstić information content (AvgIpc) is 2.09. The van der Waals surface area contributed by atoms with Gasteiger partial charge in [0.25, 0.3) is 0 Å². The Morgan fingerprint density at radius 2 is 2.23 bits per heavy atom. The van der Waals surface area contributed by atoms with Crippen molar-refractivity contribution in [2.75, 3.05) is 12.3 Å². The van der Waals surface area contributed by atoms with Crippen LogP contribution >= 0.6 is 15.9 Å². The van der Waals surface area contributed by atoms with E-state index in [1.54, 1.807) is 18.2 Å². The van der Waals surface area contributed by atoms with Crippen molar-refractivity contribution < 1.29 is 9.90 Å². The van der Waals surface area contributed by atoms with Crippen molar-refractivity contribution in [1.29, 1.82) is 0 Å². The number of aliphatic hydroxyl groups is 1. The number of aliphatic hydroxyl groups excluding tert-OH is 1. The third kappa shape index (κ3) is 2.54. The highest BCUT2D eigenvalue weighted by Gasteiger charge is 2.08. The molecule has 0 fully saturated rings. The van der Waals surface area contributed by atoms with E-state index in [1.807, 2.05) is 0 Å². The van der Waals surface area contributed by atoms with E-state index < -0.39 is 0 Å². The summed E-state index contributed by atoms with van der Waals surface area (Å²) in [4.78, 5) is 11.4. The highest BCUT2D eigenvalue weighted by Crippen LogP contribution is 2.19. The first-order valence-corrected chi connectivity index (χ1v) is 4.63. The van der Waals surface area contributed by atoms with Crippen LogP contribution in [0.2, 0.25) is 0 Å². The molecule has 13 heavy (non-hydrogen) atoms. The van der Waals surface area contributed by atoms with Gasteiger partial charge in [0.05, 0.1) is 6.61 Å². The van der Waals surface area contributed by atoms with E-state index in [-0.39, 0.29) is 18.8 Å². The van der Waals surface area contributed by atoms with Crippen molar-refractivity contribution >= 4 is 27.4 Å². The number of halogens is 1. The van der Waals surface area contributed by atoms with E-state index in [9.17, 15) is 4.79 Å². The molecule has 1 aromatic rings. The Labute approximate surface area is 84.7 Å². The topological polar surface area (TPSA) is 63.3 Å². The molecule has 0 saturated heterocycles. The number of Topliss-reactive ketones (excluding diaryl/α,β-unsaturated/α-hetero) is 1. The predicted octanol–water partition coefficient (Wildman–Crippen LogP) is 1.60. The van der Waals surface area contributed by atoms with Gasteiger partial charge >= 0.3 is 0 Å². The molecule has 3 N–H and O–H groups in total. The molecule has 0 radical (unpaired) electrons. The molecule has 1 rings (SSSR count). The van der Waals surface area contributed by atoms with E-state index in [4.69, 9.17) is 10.8 Å². The highest BCUT2D eigenvalue weighted by atomic mass is 79.9. The standard InChI is InChI=1S/C9H10BrNO2/c10-6-1-2-8(11)7(5-6)9(13)3-4-12/h1-2,5,12H,3-4,11H2. The van der Waals surface area contributed by atoms with Gasteiger partial charge in [-0.25, -0.2) is 0 Å². The van der Waals surface area contributed by atoms with Crippen molar-refractivity contribution in [3.8, 4) is 0 Å². The van der Waals surface area contributed by atoms with E-state index in [1.165, 1.54) is 0 Å². The summed E-state index contributed by atoms with van der Waals surface area (Å²) in [6.45, 7) is -0.148. The smallest absolute Gasteiger partial charge is 0.167 e. The van der Waals surface area contributed by atoms with Crippen molar-refractivity contribution in [1.82, 2.24) is 0 Å². The summed E-state index contributed by atoms with van der Waals surface area (Å²) in [5.74, 6) is -0.138. The van der Waals surface area contributed by atoms with Crippen molar-refractivity contribution in [2.45, 2.75) is 6.42 Å². The Balaban J connectivity index is 2.99. The molecule has 70 valence electrons. The van der Waals surface area contributed by atoms with Crippen LogP contribution in [0, 0.1) is 0 Å². The molecule has 0 amide bonds. The maximum atomic E-state index is 11.4. The SMILES string of the molecule is Nc1ccc(Br)cc1C(=O)CCO. The molecule has 0 unspecified atom stereocenters. The van der Waals surface area contributed by atoms with Gasteiger partial charge in [0.1, 0.15) is 0 Å². The third-order valence-electron chi connectivity index (χ3n) is 1.65. The van der Waals surface area contributed by atoms with Gasteiger partial charge in [-0.05, 0) is 18.2 Å². The molecular weight excluding hydrogens is 234 g/mol. The van der Waals surface area contributed by atoms with Crippen LogP contribution in [0.3, 0.4) is 0 Å². The first-order valence-electron chi connectivity index (χ1n) is 3.84. The zero-order valence-corrected chi connectivity index (χ0v) is 8.54. The van der Waals surface area contributed by atoms with E-state index in [0.717, 1.165) is 4.47 Å². The summed E-state index contributed by atoms with van der Waals surface area (Å²) in [7, 11) is 0. The first kappa shape index (κ1) is 10.2. The molecular formula is C9H10BrNO2. The Morgan fingerprint density at radius 1 is 1.54 bits per heavy atom. The monoisotopic (exact) mass is 243 g/mol. The van der Waals surface area contributed by atoms with Crippen LogP contribution in [-0.4, -0.2) is 17.5 Å². The fourth-order valence-corrected chi connectivity index (χ4v) is 1.37. The maximum Gasteiger partial charge on any atom is 0.167 e. The number of carbonyl (C=O) groups excluding carboxylic acids is 1. The van der Waals surface area contributed by atoms with Crippen LogP contribution in [0.1, 0.15) is 16.8 Å². The van der Waals surface area contributed by atoms with E-state index >= 15 is 0 Å². The van der Waals surface area contributed by atoms with E-state index in [2.05, 4.69) is 15.9 Å². The summed E-state index contributed by atoms with van der Waals surface area (Å²) < 4.78 is 0.808. The Hall–Kier alpha value is -0.870. The molecule has 0 aliphatic carbocycles. The Morgan fingerprint density at radius 3 is 2.85 bits per heavy atom. The summed E-state index contributed by atoms with van der Waals surface area (Å²) in [5, 5.41) is 8.58. The molecule has 4 heteroatoms. The molecule has 0 aliphatic rings. The number of rotatable bonds is 3. The molecule has 0 atom stereocenters. The molecule has 1 aromatic carbocycles. The van der Waals surface area contributed by atoms with Gasteiger partial charge in [-0.15, -0.1) is 0 Å². The number of ketones is 1. The quantitative estimate of drug-likeness (QED) is 0.627. The molecule has 0 bridgehead atoms. The summed E-state index contributed by atoms with van der Waals surface area (Å²) in [6.07, 6.45) is 0.112. The summed E-state index contributed by atoms with van der Waals surface area (Å²) >= 11 is 3.25. The molecule has 0 heterocycles. The lowest BCUT2D eigenvalue weighted by atomic mass is 10.1. The second-order valence-corrected chi connectivity index (χ2v) is 3.54. The lowest BCUT2D eigenvalue weighted by molar-refractivity contribution is 0.0957. The summed E-state index contributed by atoms with van der Waals surface area (Å²) in [5.41, 5.74) is 6.50. The predicted molar refractivity (Wildman–Crippen MR) is 54.6 cm³/mol. The van der Waals surface area contributed by atoms with Gasteiger partial charge in [-0.1, -0.05) is 15.9 Å². The second kappa shape index (κ2) is 4.39. The van der Waals surface area contributed by atoms with Crippen molar-refractivity contribution in [3.05, 3.63) is 28.2 Å². The molecule has 0 aliphatic heterocycles. The number of anilines is 1. The van der Waals surface area contributed by atoms with Gasteiger partial charge < -0.3 is 10.8 Å². The summed E-state index contributed by atoms with van der Waals surface area (Å²) in [6, 6.07) is 5.09. The minimum absolute atomic E-state index is 0.112. The van der Waals surface area contributed by atoms with Gasteiger partial charge in [0, 0.05) is 22.1 Å². The maximum absolute atomic E-state index is 11.4. The highest BCUT2D eigenvalue weighted by molar-refractivity contribution is 9.10. The number of hydrogen-bond donors (Lipinski definition) is 2. The zero-order chi connectivity index (χ0) is 9.84. The molecule has 0 saturated carbocycles. The van der Waals surface area contributed by atoms with Gasteiger partial charge in [-0.2, -0.15) is 0 Å². The number of benzene rings is 1. The number of hydrogen-bond acceptors (Lipinski definition) is 3. The van der Waals surface area contributed by atoms with Crippen molar-refractivity contribution in [3.63, 3.8) is 0 Å². The average molecular weight is 244 g/mol. The lowest BCUT2D eigenvalue weighted by Gasteiger charge is -2.03. The number of nitrogens with two attached hydrogens (primary N) is 1. The third-order valence-corrected chi connectivity index (χ3v) is 2.15. The van der Waals surface area contributed by atoms with Crippen LogP contribution in [-0.2, 0) is 0 Å². The Bertz CT molecular complexity index is 325. The number of nitrogen functional groups attached to an aromatic ring is 1. The second-order valence-electron chi connectivity index (χ2n) is 2.63. The molecule has 0 spiro atoms. The minimum Gasteiger partial charge on any atom is -0.398 e. The van der Waals surface area contributed by atoms with Crippen LogP contribution in [0.5, 0.6) is 0 Å². The van der Waals surface area contributed by atoms with Crippen LogP contribution < -0.4 is 5.73 Å². The minimum atomic E-state index is -0.148. The van der Waals surface area contributed by atoms with Gasteiger partial charge in [0.15, 0.2) is 5.78 Å². The zero-order valence-electron chi connectivity index (χ0n) is 6.96. The Kier molecular flexibility index (Phi) is 3.45. The molecule has 3 nitrogen and oxygen atoms in total. The largest absolute Gasteiger partial charge is 0.398 e. The first-order chi connectivity index (χ1) is 6.15. The molecule has 0 aromatic heterocycles. The normalized spacial score (nSPS) is 10.0. The van der Waals surface area contributed by atoms with Crippen molar-refractivity contribution in [2.24, 2.45) is 0 Å². The van der Waals surface area contributed by atoms with Gasteiger partial charge in [-0.3, -0.25) is 4.79 Å². The van der Waals surface area contributed by atoms with E-state index in [0.29, 0.717) is 11.3 Å². The van der Waals surface area contributed by atoms with Gasteiger partial charge in [0.2, 0.25) is 0 Å². The number of carbonyl (C=O) groups is 1. The fraction of sp³-hybridized carbons (Fsp3) is 0.222. The fourth-order valence-electron chi connectivity index (χ4n) is 1.01. The van der Waals surface area contributed by atoms with Crippen LogP contribution in [0.4, 0.5) is 5.69 Å².